The van der Waals surface area contributed by atoms with Gasteiger partial charge in [0.25, 0.3) is 0 Å². The SMILES string of the molecule is CC(C)COCCCNc1cc(N)cc(S(N)(=O)=O)c1. The van der Waals surface area contributed by atoms with Crippen molar-refractivity contribution in [2.75, 3.05) is 30.8 Å². The van der Waals surface area contributed by atoms with E-state index in [0.29, 0.717) is 30.4 Å². The molecule has 1 aromatic rings. The minimum atomic E-state index is -3.74. The Morgan fingerprint density at radius 1 is 1.30 bits per heavy atom. The number of anilines is 2. The molecule has 0 aliphatic rings. The first kappa shape index (κ1) is 16.7. The van der Waals surface area contributed by atoms with Gasteiger partial charge < -0.3 is 15.8 Å². The Hall–Kier alpha value is -1.31. The molecule has 0 amide bonds. The number of ether oxygens (including phenoxy) is 1. The highest BCUT2D eigenvalue weighted by Gasteiger charge is 2.09. The fraction of sp³-hybridized carbons (Fsp3) is 0.538. The van der Waals surface area contributed by atoms with E-state index in [0.717, 1.165) is 13.0 Å². The minimum absolute atomic E-state index is 0.0102. The third kappa shape index (κ3) is 6.23. The average molecular weight is 301 g/mol. The van der Waals surface area contributed by atoms with E-state index in [-0.39, 0.29) is 4.90 Å². The van der Waals surface area contributed by atoms with E-state index in [4.69, 9.17) is 15.6 Å². The molecule has 0 spiro atoms. The van der Waals surface area contributed by atoms with Crippen LogP contribution in [0.1, 0.15) is 20.3 Å². The zero-order chi connectivity index (χ0) is 15.2. The molecule has 0 saturated heterocycles. The van der Waals surface area contributed by atoms with E-state index in [1.807, 2.05) is 0 Å². The molecule has 0 aliphatic heterocycles. The van der Waals surface area contributed by atoms with Crippen LogP contribution >= 0.6 is 0 Å². The Kier molecular flexibility index (Phi) is 6.25. The normalized spacial score (nSPS) is 11.8. The number of hydrogen-bond acceptors (Lipinski definition) is 5. The van der Waals surface area contributed by atoms with Crippen LogP contribution < -0.4 is 16.2 Å². The van der Waals surface area contributed by atoms with Crippen LogP contribution in [0.2, 0.25) is 0 Å². The number of benzene rings is 1. The summed E-state index contributed by atoms with van der Waals surface area (Å²) >= 11 is 0. The average Bonchev–Trinajstić information content (AvgIpc) is 2.31. The van der Waals surface area contributed by atoms with Crippen molar-refractivity contribution in [2.45, 2.75) is 25.2 Å². The molecule has 0 fully saturated rings. The first-order chi connectivity index (χ1) is 9.29. The molecule has 0 bridgehead atoms. The summed E-state index contributed by atoms with van der Waals surface area (Å²) < 4.78 is 28.0. The van der Waals surface area contributed by atoms with Gasteiger partial charge in [0.1, 0.15) is 0 Å². The second-order valence-electron chi connectivity index (χ2n) is 5.08. The summed E-state index contributed by atoms with van der Waals surface area (Å²) in [6.45, 7) is 6.27. The largest absolute Gasteiger partial charge is 0.399 e. The summed E-state index contributed by atoms with van der Waals surface area (Å²) in [7, 11) is -3.74. The van der Waals surface area contributed by atoms with Crippen molar-refractivity contribution in [3.05, 3.63) is 18.2 Å². The number of nitrogen functional groups attached to an aromatic ring is 1. The highest BCUT2D eigenvalue weighted by Crippen LogP contribution is 2.19. The zero-order valence-corrected chi connectivity index (χ0v) is 12.7. The minimum Gasteiger partial charge on any atom is -0.399 e. The van der Waals surface area contributed by atoms with Gasteiger partial charge in [-0.1, -0.05) is 13.8 Å². The Morgan fingerprint density at radius 2 is 2.00 bits per heavy atom. The summed E-state index contributed by atoms with van der Waals surface area (Å²) in [5.41, 5.74) is 6.65. The lowest BCUT2D eigenvalue weighted by molar-refractivity contribution is 0.110. The summed E-state index contributed by atoms with van der Waals surface area (Å²) in [5.74, 6) is 0.522. The van der Waals surface area contributed by atoms with Crippen molar-refractivity contribution in [1.82, 2.24) is 0 Å². The molecule has 0 heterocycles. The molecule has 5 N–H and O–H groups in total. The summed E-state index contributed by atoms with van der Waals surface area (Å²) in [5, 5.41) is 8.19. The molecule has 0 atom stereocenters. The second kappa shape index (κ2) is 7.47. The Morgan fingerprint density at radius 3 is 2.60 bits per heavy atom. The van der Waals surface area contributed by atoms with Crippen LogP contribution in [-0.2, 0) is 14.8 Å². The molecule has 20 heavy (non-hydrogen) atoms. The van der Waals surface area contributed by atoms with Crippen molar-refractivity contribution in [1.29, 1.82) is 0 Å². The monoisotopic (exact) mass is 301 g/mol. The van der Waals surface area contributed by atoms with Gasteiger partial charge in [-0.15, -0.1) is 0 Å². The number of hydrogen-bond donors (Lipinski definition) is 3. The van der Waals surface area contributed by atoms with Gasteiger partial charge in [-0.2, -0.15) is 0 Å². The van der Waals surface area contributed by atoms with E-state index in [2.05, 4.69) is 19.2 Å². The Balaban J connectivity index is 2.47. The zero-order valence-electron chi connectivity index (χ0n) is 11.9. The van der Waals surface area contributed by atoms with Crippen molar-refractivity contribution in [3.8, 4) is 0 Å². The maximum absolute atomic E-state index is 11.3. The van der Waals surface area contributed by atoms with E-state index >= 15 is 0 Å². The maximum atomic E-state index is 11.3. The molecule has 0 radical (unpaired) electrons. The second-order valence-corrected chi connectivity index (χ2v) is 6.65. The Labute approximate surface area is 120 Å². The van der Waals surface area contributed by atoms with Gasteiger partial charge in [0.2, 0.25) is 10.0 Å². The van der Waals surface area contributed by atoms with Gasteiger partial charge in [0.15, 0.2) is 0 Å². The van der Waals surface area contributed by atoms with Gasteiger partial charge in [-0.25, -0.2) is 13.6 Å². The first-order valence-corrected chi connectivity index (χ1v) is 8.08. The third-order valence-corrected chi connectivity index (χ3v) is 3.40. The molecule has 6 nitrogen and oxygen atoms in total. The van der Waals surface area contributed by atoms with Crippen LogP contribution in [-0.4, -0.2) is 28.2 Å². The molecule has 0 saturated carbocycles. The molecular weight excluding hydrogens is 278 g/mol. The van der Waals surface area contributed by atoms with Crippen molar-refractivity contribution in [3.63, 3.8) is 0 Å². The van der Waals surface area contributed by atoms with E-state index in [1.54, 1.807) is 6.07 Å². The predicted molar refractivity (Wildman–Crippen MR) is 81.0 cm³/mol. The first-order valence-electron chi connectivity index (χ1n) is 6.54. The molecule has 0 aliphatic carbocycles. The van der Waals surface area contributed by atoms with Crippen LogP contribution in [0.25, 0.3) is 0 Å². The van der Waals surface area contributed by atoms with Crippen molar-refractivity contribution in [2.24, 2.45) is 11.1 Å². The van der Waals surface area contributed by atoms with Crippen LogP contribution in [0.3, 0.4) is 0 Å². The van der Waals surface area contributed by atoms with E-state index in [9.17, 15) is 8.42 Å². The fourth-order valence-electron chi connectivity index (χ4n) is 1.61. The molecule has 1 aromatic carbocycles. The van der Waals surface area contributed by atoms with Crippen LogP contribution in [0.5, 0.6) is 0 Å². The standard InChI is InChI=1S/C13H23N3O3S/c1-10(2)9-19-5-3-4-16-12-6-11(14)7-13(8-12)20(15,17)18/h6-8,10,16H,3-5,9,14H2,1-2H3,(H2,15,17,18). The predicted octanol–water partition coefficient (Wildman–Crippen LogP) is 1.39. The lowest BCUT2D eigenvalue weighted by Gasteiger charge is -2.10. The molecular formula is C13H23N3O3S. The lowest BCUT2D eigenvalue weighted by Crippen LogP contribution is -2.13. The van der Waals surface area contributed by atoms with E-state index < -0.39 is 10.0 Å². The van der Waals surface area contributed by atoms with Gasteiger partial charge in [-0.05, 0) is 30.5 Å². The molecule has 1 rings (SSSR count). The molecule has 7 heteroatoms. The van der Waals surface area contributed by atoms with Crippen LogP contribution in [0.15, 0.2) is 23.1 Å². The molecule has 0 aromatic heterocycles. The maximum Gasteiger partial charge on any atom is 0.238 e. The molecule has 0 unspecified atom stereocenters. The highest BCUT2D eigenvalue weighted by atomic mass is 32.2. The van der Waals surface area contributed by atoms with Gasteiger partial charge in [0, 0.05) is 31.1 Å². The number of rotatable bonds is 8. The number of nitrogens with one attached hydrogen (secondary N) is 1. The quantitative estimate of drug-likeness (QED) is 0.497. The number of nitrogens with two attached hydrogens (primary N) is 2. The van der Waals surface area contributed by atoms with Gasteiger partial charge in [0.05, 0.1) is 4.90 Å². The third-order valence-electron chi connectivity index (χ3n) is 2.50. The van der Waals surface area contributed by atoms with Crippen molar-refractivity contribution >= 4 is 21.4 Å². The van der Waals surface area contributed by atoms with Gasteiger partial charge in [-0.3, -0.25) is 0 Å². The summed E-state index contributed by atoms with van der Waals surface area (Å²) in [6, 6.07) is 4.48. The van der Waals surface area contributed by atoms with E-state index in [1.165, 1.54) is 12.1 Å². The smallest absolute Gasteiger partial charge is 0.238 e. The lowest BCUT2D eigenvalue weighted by atomic mass is 10.2. The number of sulfonamides is 1. The van der Waals surface area contributed by atoms with Crippen molar-refractivity contribution < 1.29 is 13.2 Å². The Bertz CT molecular complexity index is 530. The van der Waals surface area contributed by atoms with Crippen LogP contribution in [0.4, 0.5) is 11.4 Å². The fourth-order valence-corrected chi connectivity index (χ4v) is 2.21. The highest BCUT2D eigenvalue weighted by molar-refractivity contribution is 7.89. The van der Waals surface area contributed by atoms with Gasteiger partial charge >= 0.3 is 0 Å². The van der Waals surface area contributed by atoms with Crippen LogP contribution in [0, 0.1) is 5.92 Å². The number of primary sulfonamides is 1. The summed E-state index contributed by atoms with van der Waals surface area (Å²) in [6.07, 6.45) is 0.826. The summed E-state index contributed by atoms with van der Waals surface area (Å²) in [4.78, 5) is 0.0102. The molecule has 114 valence electrons. The topological polar surface area (TPSA) is 107 Å².